The first kappa shape index (κ1) is 22.6. The minimum atomic E-state index is -2.79. The third-order valence-corrected chi connectivity index (χ3v) is 5.44. The summed E-state index contributed by atoms with van der Waals surface area (Å²) in [6.45, 7) is 7.00. The Morgan fingerprint density at radius 1 is 1.06 bits per heavy atom. The van der Waals surface area contributed by atoms with Gasteiger partial charge < -0.3 is 24.7 Å². The Kier molecular flexibility index (Phi) is 6.51. The van der Waals surface area contributed by atoms with Crippen LogP contribution in [0.4, 0.5) is 16.2 Å². The van der Waals surface area contributed by atoms with Crippen LogP contribution >= 0.6 is 0 Å². The molecular formula is C21H24N3O6S-. The number of nitrogens with one attached hydrogen (secondary N) is 2. The average Bonchev–Trinajstić information content (AvgIpc) is 3.01. The van der Waals surface area contributed by atoms with Gasteiger partial charge in [-0.1, -0.05) is 13.8 Å². The molecule has 0 bridgehead atoms. The lowest BCUT2D eigenvalue weighted by Crippen LogP contribution is -2.45. The number of carboxylic acid groups (broad SMARTS) is 1. The summed E-state index contributed by atoms with van der Waals surface area (Å²) in [6, 6.07) is 8.24. The minimum absolute atomic E-state index is 0.0108. The van der Waals surface area contributed by atoms with Crippen molar-refractivity contribution in [1.82, 2.24) is 5.32 Å². The molecule has 0 aliphatic rings. The Morgan fingerprint density at radius 2 is 1.77 bits per heavy atom. The van der Waals surface area contributed by atoms with Crippen LogP contribution in [0.1, 0.15) is 27.7 Å². The molecule has 10 heteroatoms. The van der Waals surface area contributed by atoms with E-state index in [0.717, 1.165) is 4.31 Å². The van der Waals surface area contributed by atoms with Gasteiger partial charge in [0.1, 0.15) is 17.2 Å². The van der Waals surface area contributed by atoms with Crippen LogP contribution in [0.5, 0.6) is 0 Å². The number of urea groups is 1. The number of benzene rings is 2. The summed E-state index contributed by atoms with van der Waals surface area (Å²) in [4.78, 5) is 23.6. The first-order chi connectivity index (χ1) is 14.6. The summed E-state index contributed by atoms with van der Waals surface area (Å²) in [5, 5.41) is 16.4. The topological polar surface area (TPSA) is 135 Å². The van der Waals surface area contributed by atoms with Gasteiger partial charge in [0.2, 0.25) is 0 Å². The van der Waals surface area contributed by atoms with Crippen molar-refractivity contribution < 1.29 is 27.9 Å². The quantitative estimate of drug-likeness (QED) is 0.472. The van der Waals surface area contributed by atoms with Gasteiger partial charge in [0.05, 0.1) is 5.69 Å². The van der Waals surface area contributed by atoms with Crippen LogP contribution < -0.4 is 14.9 Å². The fourth-order valence-electron chi connectivity index (χ4n) is 3.41. The van der Waals surface area contributed by atoms with E-state index in [-0.39, 0.29) is 17.8 Å². The maximum absolute atomic E-state index is 11.9. The van der Waals surface area contributed by atoms with Crippen LogP contribution in [-0.2, 0) is 16.1 Å². The van der Waals surface area contributed by atoms with Crippen molar-refractivity contribution >= 4 is 56.6 Å². The highest BCUT2D eigenvalue weighted by atomic mass is 32.2. The highest BCUT2D eigenvalue weighted by Crippen LogP contribution is 2.34. The van der Waals surface area contributed by atoms with Crippen molar-refractivity contribution in [2.75, 3.05) is 9.62 Å². The molecule has 2 amide bonds. The number of anilines is 2. The lowest BCUT2D eigenvalue weighted by atomic mass is 10.0. The Morgan fingerprint density at radius 3 is 2.35 bits per heavy atom. The molecule has 0 spiro atoms. The van der Waals surface area contributed by atoms with E-state index in [2.05, 4.69) is 10.6 Å². The maximum atomic E-state index is 11.9. The number of aliphatic carboxylic acids is 1. The zero-order chi connectivity index (χ0) is 22.9. The van der Waals surface area contributed by atoms with Crippen molar-refractivity contribution in [2.24, 2.45) is 5.92 Å². The molecule has 0 aliphatic carbocycles. The number of carboxylic acids is 1. The Bertz CT molecular complexity index is 1160. The monoisotopic (exact) mass is 446 g/mol. The first-order valence-electron chi connectivity index (χ1n) is 9.73. The standard InChI is InChI=1S/C21H25N3O6S/c1-11(2)19(20(25)26)24(31(28)29)14-6-8-17-16(10-14)15-7-5-13(9-18(15)30-17)23-21(27)22-12(3)4/h5-12,19H,1-4H3,(H,25,26)(H,28,29)(H2,22,23,27)/p-1. The number of amides is 2. The Hall–Kier alpha value is -3.11. The van der Waals surface area contributed by atoms with Crippen molar-refractivity contribution in [3.8, 4) is 0 Å². The van der Waals surface area contributed by atoms with Crippen molar-refractivity contribution in [2.45, 2.75) is 39.8 Å². The van der Waals surface area contributed by atoms with E-state index in [1.165, 1.54) is 6.07 Å². The van der Waals surface area contributed by atoms with Gasteiger partial charge in [0, 0.05) is 39.8 Å². The van der Waals surface area contributed by atoms with E-state index in [1.54, 1.807) is 44.2 Å². The van der Waals surface area contributed by atoms with Gasteiger partial charge in [0.25, 0.3) is 0 Å². The molecule has 3 aromatic rings. The van der Waals surface area contributed by atoms with Gasteiger partial charge >= 0.3 is 12.0 Å². The van der Waals surface area contributed by atoms with E-state index in [4.69, 9.17) is 4.42 Å². The molecule has 166 valence electrons. The Balaban J connectivity index is 2.03. The van der Waals surface area contributed by atoms with Gasteiger partial charge in [-0.25, -0.2) is 9.59 Å². The zero-order valence-corrected chi connectivity index (χ0v) is 18.4. The third-order valence-electron chi connectivity index (χ3n) is 4.68. The molecule has 0 saturated heterocycles. The molecule has 31 heavy (non-hydrogen) atoms. The minimum Gasteiger partial charge on any atom is -0.755 e. The second kappa shape index (κ2) is 8.94. The van der Waals surface area contributed by atoms with Crippen LogP contribution in [0.3, 0.4) is 0 Å². The fraction of sp³-hybridized carbons (Fsp3) is 0.333. The molecule has 2 aromatic carbocycles. The summed E-state index contributed by atoms with van der Waals surface area (Å²) in [6.07, 6.45) is 0. The number of furan rings is 1. The lowest BCUT2D eigenvalue weighted by molar-refractivity contribution is -0.139. The van der Waals surface area contributed by atoms with Crippen LogP contribution in [0, 0.1) is 5.92 Å². The molecule has 2 unspecified atom stereocenters. The number of rotatable bonds is 7. The summed E-state index contributed by atoms with van der Waals surface area (Å²) >= 11 is -2.79. The van der Waals surface area contributed by atoms with Gasteiger partial charge in [0.15, 0.2) is 0 Å². The second-order valence-corrected chi connectivity index (χ2v) is 8.64. The summed E-state index contributed by atoms with van der Waals surface area (Å²) in [5.41, 5.74) is 1.78. The second-order valence-electron chi connectivity index (χ2n) is 7.82. The largest absolute Gasteiger partial charge is 0.755 e. The van der Waals surface area contributed by atoms with Gasteiger partial charge in [-0.2, -0.15) is 0 Å². The lowest BCUT2D eigenvalue weighted by Gasteiger charge is -2.34. The van der Waals surface area contributed by atoms with Crippen molar-refractivity contribution in [3.05, 3.63) is 36.4 Å². The predicted octanol–water partition coefficient (Wildman–Crippen LogP) is 3.83. The normalized spacial score (nSPS) is 13.5. The molecule has 0 saturated carbocycles. The third kappa shape index (κ3) is 4.80. The number of hydrogen-bond donors (Lipinski definition) is 3. The number of hydrogen-bond acceptors (Lipinski definition) is 5. The summed E-state index contributed by atoms with van der Waals surface area (Å²) < 4.78 is 30.5. The zero-order valence-electron chi connectivity index (χ0n) is 17.5. The van der Waals surface area contributed by atoms with E-state index in [0.29, 0.717) is 27.6 Å². The Labute approximate surface area is 181 Å². The molecule has 0 fully saturated rings. The highest BCUT2D eigenvalue weighted by Gasteiger charge is 2.30. The van der Waals surface area contributed by atoms with E-state index >= 15 is 0 Å². The SMILES string of the molecule is CC(C)NC(=O)Nc1ccc2c(c1)oc1ccc(N(C(C(=O)O)C(C)C)S(=O)[O-])cc12. The van der Waals surface area contributed by atoms with E-state index in [1.807, 2.05) is 13.8 Å². The molecule has 0 aliphatic heterocycles. The predicted molar refractivity (Wildman–Crippen MR) is 119 cm³/mol. The maximum Gasteiger partial charge on any atom is 0.327 e. The van der Waals surface area contributed by atoms with Crippen LogP contribution in [0.25, 0.3) is 21.9 Å². The first-order valence-corrected chi connectivity index (χ1v) is 10.8. The smallest absolute Gasteiger partial charge is 0.327 e. The summed E-state index contributed by atoms with van der Waals surface area (Å²) in [7, 11) is 0. The molecular weight excluding hydrogens is 422 g/mol. The molecule has 0 radical (unpaired) electrons. The summed E-state index contributed by atoms with van der Waals surface area (Å²) in [5.74, 6) is -1.68. The number of carbonyl (C=O) groups excluding carboxylic acids is 1. The number of nitrogens with zero attached hydrogens (tertiary/aromatic N) is 1. The molecule has 3 rings (SSSR count). The van der Waals surface area contributed by atoms with Crippen LogP contribution in [0.15, 0.2) is 40.8 Å². The van der Waals surface area contributed by atoms with E-state index < -0.39 is 29.2 Å². The average molecular weight is 447 g/mol. The van der Waals surface area contributed by atoms with Crippen LogP contribution in [0.2, 0.25) is 0 Å². The molecule has 1 heterocycles. The highest BCUT2D eigenvalue weighted by molar-refractivity contribution is 7.80. The molecule has 1 aromatic heterocycles. The number of fused-ring (bicyclic) bond motifs is 3. The number of carbonyl (C=O) groups is 2. The van der Waals surface area contributed by atoms with E-state index in [9.17, 15) is 23.5 Å². The van der Waals surface area contributed by atoms with Crippen molar-refractivity contribution in [3.63, 3.8) is 0 Å². The fourth-order valence-corrected chi connectivity index (χ4v) is 4.21. The molecule has 9 nitrogen and oxygen atoms in total. The van der Waals surface area contributed by atoms with Gasteiger partial charge in [-0.3, -0.25) is 8.51 Å². The van der Waals surface area contributed by atoms with Gasteiger partial charge in [-0.15, -0.1) is 0 Å². The van der Waals surface area contributed by atoms with Crippen LogP contribution in [-0.4, -0.2) is 38.0 Å². The molecule has 2 atom stereocenters. The van der Waals surface area contributed by atoms with Gasteiger partial charge in [-0.05, 0) is 50.1 Å². The molecule has 3 N–H and O–H groups in total. The van der Waals surface area contributed by atoms with Crippen molar-refractivity contribution in [1.29, 1.82) is 0 Å².